The van der Waals surface area contributed by atoms with E-state index in [9.17, 15) is 53.1 Å². The highest BCUT2D eigenvalue weighted by Gasteiger charge is 2.74. The summed E-state index contributed by atoms with van der Waals surface area (Å²) in [5.41, 5.74) is -7.81. The second-order valence-corrected chi connectivity index (χ2v) is 13.7. The van der Waals surface area contributed by atoms with Gasteiger partial charge in [-0.25, -0.2) is 22.0 Å². The van der Waals surface area contributed by atoms with E-state index in [1.165, 1.54) is 16.8 Å². The largest absolute Gasteiger partial charge is 0.435 e. The molecule has 2 aromatic rings. The van der Waals surface area contributed by atoms with Gasteiger partial charge in [-0.1, -0.05) is 18.2 Å². The van der Waals surface area contributed by atoms with Crippen LogP contribution in [0.4, 0.5) is 39.9 Å². The number of carbonyl (C=O) groups excluding carboxylic acids is 2. The van der Waals surface area contributed by atoms with Crippen molar-refractivity contribution in [3.63, 3.8) is 0 Å². The summed E-state index contributed by atoms with van der Waals surface area (Å²) >= 11 is 0. The molecule has 0 spiro atoms. The zero-order valence-corrected chi connectivity index (χ0v) is 24.6. The summed E-state index contributed by atoms with van der Waals surface area (Å²) in [6.07, 6.45) is -12.8. The molecule has 1 aliphatic carbocycles. The number of halogens is 8. The lowest BCUT2D eigenvalue weighted by molar-refractivity contribution is -0.348. The first-order chi connectivity index (χ1) is 20.9. The van der Waals surface area contributed by atoms with Gasteiger partial charge in [0.2, 0.25) is 5.91 Å². The summed E-state index contributed by atoms with van der Waals surface area (Å²) in [6.45, 7) is 0.435. The number of amides is 3. The predicted octanol–water partition coefficient (Wildman–Crippen LogP) is 5.38. The van der Waals surface area contributed by atoms with Crippen LogP contribution in [0.5, 0.6) is 0 Å². The molecule has 2 saturated heterocycles. The maximum absolute atomic E-state index is 15.0. The van der Waals surface area contributed by atoms with Crippen LogP contribution in [0.25, 0.3) is 0 Å². The summed E-state index contributed by atoms with van der Waals surface area (Å²) in [5, 5.41) is 2.50. The normalized spacial score (nSPS) is 23.0. The number of sulfone groups is 1. The molecule has 2 aliphatic heterocycles. The fourth-order valence-corrected chi connectivity index (χ4v) is 9.41. The maximum Gasteiger partial charge on any atom is 0.435 e. The average molecular weight is 668 g/mol. The number of piperidine rings is 1. The van der Waals surface area contributed by atoms with Crippen molar-refractivity contribution < 1.29 is 53.1 Å². The number of fused-ring (bicyclic) bond motifs is 3. The minimum absolute atomic E-state index is 0.0983. The number of likely N-dealkylation sites (tertiary alicyclic amines) is 2. The van der Waals surface area contributed by atoms with Crippen LogP contribution in [-0.4, -0.2) is 75.2 Å². The van der Waals surface area contributed by atoms with Gasteiger partial charge >= 0.3 is 24.1 Å². The summed E-state index contributed by atoms with van der Waals surface area (Å²) in [4.78, 5) is 28.4. The fourth-order valence-electron chi connectivity index (χ4n) is 7.04. The van der Waals surface area contributed by atoms with Gasteiger partial charge < -0.3 is 15.1 Å². The molecule has 0 radical (unpaired) electrons. The minimum atomic E-state index is -6.36. The summed E-state index contributed by atoms with van der Waals surface area (Å²) in [6, 6.07) is 3.88. The van der Waals surface area contributed by atoms with Gasteiger partial charge in [0.15, 0.2) is 9.84 Å². The van der Waals surface area contributed by atoms with Gasteiger partial charge in [0.25, 0.3) is 0 Å². The second kappa shape index (κ2) is 11.1. The number of hydrogen-bond acceptors (Lipinski definition) is 4. The van der Waals surface area contributed by atoms with Gasteiger partial charge in [-0.3, -0.25) is 4.79 Å². The Labute approximate surface area is 253 Å². The highest BCUT2D eigenvalue weighted by Crippen LogP contribution is 2.57. The summed E-state index contributed by atoms with van der Waals surface area (Å²) < 4.78 is 137. The van der Waals surface area contributed by atoms with Gasteiger partial charge in [-0.2, -0.15) is 26.3 Å². The molecule has 2 heterocycles. The van der Waals surface area contributed by atoms with E-state index in [1.807, 2.05) is 0 Å². The van der Waals surface area contributed by atoms with Gasteiger partial charge in [0.1, 0.15) is 10.6 Å². The SMILES string of the molecule is CNC(=O)N1CCC(C(=O)N2CC[C@@]3(S(=O)(=O)c4ccc(F)cc4)c4ccc(C(F)(C(F)(F)F)C(F)(F)F)cc4CC[C@@H]23)CC1. The predicted molar refractivity (Wildman–Crippen MR) is 144 cm³/mol. The maximum atomic E-state index is 15.0. The van der Waals surface area contributed by atoms with Crippen LogP contribution in [0.2, 0.25) is 0 Å². The topological polar surface area (TPSA) is 86.8 Å². The fraction of sp³-hybridized carbons (Fsp3) is 0.517. The third-order valence-corrected chi connectivity index (χ3v) is 11.8. The number of nitrogens with one attached hydrogen (secondary N) is 1. The minimum Gasteiger partial charge on any atom is -0.341 e. The molecule has 0 aromatic heterocycles. The van der Waals surface area contributed by atoms with E-state index in [2.05, 4.69) is 5.32 Å². The monoisotopic (exact) mass is 667 g/mol. The first kappa shape index (κ1) is 32.9. The average Bonchev–Trinajstić information content (AvgIpc) is 3.40. The van der Waals surface area contributed by atoms with Crippen LogP contribution in [0, 0.1) is 11.7 Å². The number of hydrogen-bond donors (Lipinski definition) is 1. The van der Waals surface area contributed by atoms with E-state index >= 15 is 0 Å². The van der Waals surface area contributed by atoms with E-state index in [4.69, 9.17) is 0 Å². The quantitative estimate of drug-likeness (QED) is 0.351. The molecule has 0 bridgehead atoms. The molecule has 3 amide bonds. The van der Waals surface area contributed by atoms with E-state index in [-0.39, 0.29) is 66.9 Å². The Hall–Kier alpha value is -3.43. The summed E-state index contributed by atoms with van der Waals surface area (Å²) in [7, 11) is -3.11. The second-order valence-electron chi connectivity index (χ2n) is 11.5. The van der Waals surface area contributed by atoms with Crippen molar-refractivity contribution in [3.05, 3.63) is 65.0 Å². The molecule has 7 nitrogen and oxygen atoms in total. The molecule has 2 atom stereocenters. The Morgan fingerprint density at radius 1 is 0.889 bits per heavy atom. The highest BCUT2D eigenvalue weighted by atomic mass is 32.2. The Balaban J connectivity index is 1.60. The van der Waals surface area contributed by atoms with E-state index in [0.717, 1.165) is 30.3 Å². The molecule has 16 heteroatoms. The number of alkyl halides is 7. The smallest absolute Gasteiger partial charge is 0.341 e. The number of carbonyl (C=O) groups is 2. The molecule has 2 fully saturated rings. The van der Waals surface area contributed by atoms with Gasteiger partial charge in [0, 0.05) is 38.2 Å². The van der Waals surface area contributed by atoms with Crippen LogP contribution >= 0.6 is 0 Å². The molecular weight excluding hydrogens is 638 g/mol. The standard InChI is InChI=1S/C29H29F8N3O4S/c1-38-25(42)39-13-10-17(11-14-39)24(41)40-15-12-26(45(43,44)21-6-4-20(30)5-7-21)22-8-3-19(16-18(22)2-9-23(26)40)27(31,28(32,33)34)29(35,36)37/h3-8,16-17,23H,2,9-15H2,1H3,(H,38,42)/t23-,26-/m1/s1. The van der Waals surface area contributed by atoms with E-state index in [0.29, 0.717) is 25.0 Å². The van der Waals surface area contributed by atoms with E-state index in [1.54, 1.807) is 0 Å². The van der Waals surface area contributed by atoms with Crippen molar-refractivity contribution in [1.82, 2.24) is 15.1 Å². The van der Waals surface area contributed by atoms with Crippen molar-refractivity contribution in [2.45, 2.75) is 65.8 Å². The van der Waals surface area contributed by atoms with Gasteiger partial charge in [-0.15, -0.1) is 0 Å². The Kier molecular flexibility index (Phi) is 8.14. The van der Waals surface area contributed by atoms with Crippen LogP contribution in [0.1, 0.15) is 42.4 Å². The Bertz CT molecular complexity index is 1570. The number of urea groups is 1. The lowest BCUT2D eigenvalue weighted by Gasteiger charge is -2.44. The lowest BCUT2D eigenvalue weighted by atomic mass is 9.76. The Morgan fingerprint density at radius 3 is 2.04 bits per heavy atom. The van der Waals surface area contributed by atoms with Crippen LogP contribution in [0.3, 0.4) is 0 Å². The Morgan fingerprint density at radius 2 is 1.49 bits per heavy atom. The molecule has 0 saturated carbocycles. The number of rotatable bonds is 4. The zero-order chi connectivity index (χ0) is 33.2. The molecule has 5 rings (SSSR count). The highest BCUT2D eigenvalue weighted by molar-refractivity contribution is 7.92. The van der Waals surface area contributed by atoms with Crippen LogP contribution in [0.15, 0.2) is 47.4 Å². The van der Waals surface area contributed by atoms with Crippen LogP contribution in [-0.2, 0) is 31.5 Å². The first-order valence-corrected chi connectivity index (χ1v) is 15.6. The molecule has 45 heavy (non-hydrogen) atoms. The molecule has 246 valence electrons. The van der Waals surface area contributed by atoms with Crippen molar-refractivity contribution in [2.24, 2.45) is 5.92 Å². The molecule has 2 aromatic carbocycles. The molecule has 1 N–H and O–H groups in total. The van der Waals surface area contributed by atoms with Gasteiger partial charge in [0.05, 0.1) is 10.9 Å². The van der Waals surface area contributed by atoms with Crippen molar-refractivity contribution in [1.29, 1.82) is 0 Å². The zero-order valence-electron chi connectivity index (χ0n) is 23.8. The molecule has 3 aliphatic rings. The first-order valence-electron chi connectivity index (χ1n) is 14.1. The third-order valence-electron chi connectivity index (χ3n) is 9.30. The number of benzene rings is 2. The van der Waals surface area contributed by atoms with Crippen molar-refractivity contribution in [3.8, 4) is 0 Å². The number of nitrogens with zero attached hydrogens (tertiary/aromatic N) is 2. The summed E-state index contributed by atoms with van der Waals surface area (Å²) in [5.74, 6) is -1.70. The van der Waals surface area contributed by atoms with Crippen LogP contribution < -0.4 is 5.32 Å². The third kappa shape index (κ3) is 5.03. The lowest BCUT2D eigenvalue weighted by Crippen LogP contribution is -2.54. The molecule has 0 unspecified atom stereocenters. The number of aryl methyl sites for hydroxylation is 1. The molecular formula is C29H29F8N3O4S. The van der Waals surface area contributed by atoms with Crippen molar-refractivity contribution in [2.75, 3.05) is 26.7 Å². The van der Waals surface area contributed by atoms with Gasteiger partial charge in [-0.05, 0) is 67.5 Å². The van der Waals surface area contributed by atoms with Crippen molar-refractivity contribution >= 4 is 21.8 Å². The van der Waals surface area contributed by atoms with E-state index < -0.39 is 55.9 Å².